The van der Waals surface area contributed by atoms with Crippen LogP contribution in [0.3, 0.4) is 0 Å². The number of anilines is 2. The zero-order valence-electron chi connectivity index (χ0n) is 14.3. The standard InChI is InChI=1S/C21H12BrN3O2S/c22-12-8-9-16-14(10-12)17(19(26)23-16)18-20(27)25-21(28-18)24-15-7-3-5-11-4-1-2-6-13(11)15/h1-10,27H,(H,24,25). The molecular weight excluding hydrogens is 438 g/mol. The first kappa shape index (κ1) is 17.1. The second-order valence-electron chi connectivity index (χ2n) is 6.28. The molecule has 1 aliphatic heterocycles. The van der Waals surface area contributed by atoms with E-state index in [1.807, 2.05) is 54.6 Å². The Hall–Kier alpha value is -3.03. The first-order chi connectivity index (χ1) is 13.6. The summed E-state index contributed by atoms with van der Waals surface area (Å²) in [6, 6.07) is 19.4. The van der Waals surface area contributed by atoms with E-state index in [1.54, 1.807) is 6.07 Å². The lowest BCUT2D eigenvalue weighted by atomic mass is 10.1. The first-order valence-corrected chi connectivity index (χ1v) is 10.1. The molecule has 0 fully saturated rings. The molecule has 2 N–H and O–H groups in total. The van der Waals surface area contributed by atoms with E-state index in [-0.39, 0.29) is 11.8 Å². The van der Waals surface area contributed by atoms with Crippen molar-refractivity contribution in [3.8, 4) is 5.88 Å². The molecule has 136 valence electrons. The molecule has 0 aliphatic carbocycles. The Bertz CT molecular complexity index is 1390. The van der Waals surface area contributed by atoms with Gasteiger partial charge < -0.3 is 10.4 Å². The maximum absolute atomic E-state index is 12.5. The number of carbonyl (C=O) groups excluding carboxylic acids is 1. The fourth-order valence-corrected chi connectivity index (χ4v) is 4.57. The highest BCUT2D eigenvalue weighted by atomic mass is 79.9. The van der Waals surface area contributed by atoms with Gasteiger partial charge in [0.15, 0.2) is 5.13 Å². The molecule has 0 atom stereocenters. The number of hydrogen-bond donors (Lipinski definition) is 2. The molecule has 28 heavy (non-hydrogen) atoms. The molecule has 4 aromatic rings. The van der Waals surface area contributed by atoms with Crippen LogP contribution in [0.25, 0.3) is 16.3 Å². The van der Waals surface area contributed by atoms with Gasteiger partial charge in [0.2, 0.25) is 5.88 Å². The van der Waals surface area contributed by atoms with Gasteiger partial charge in [-0.05, 0) is 29.7 Å². The van der Waals surface area contributed by atoms with E-state index in [0.717, 1.165) is 20.9 Å². The molecule has 0 unspecified atom stereocenters. The topological polar surface area (TPSA) is 74.6 Å². The fourth-order valence-electron chi connectivity index (χ4n) is 3.28. The molecule has 0 spiro atoms. The third-order valence-corrected chi connectivity index (χ3v) is 6.00. The van der Waals surface area contributed by atoms with Crippen LogP contribution in [0, 0.1) is 0 Å². The lowest BCUT2D eigenvalue weighted by Gasteiger charge is -2.06. The van der Waals surface area contributed by atoms with Gasteiger partial charge in [0.05, 0.1) is 10.9 Å². The number of hydrogen-bond acceptors (Lipinski definition) is 5. The maximum Gasteiger partial charge on any atom is 0.279 e. The molecule has 1 amide bonds. The average molecular weight is 450 g/mol. The first-order valence-electron chi connectivity index (χ1n) is 8.48. The van der Waals surface area contributed by atoms with E-state index in [1.165, 1.54) is 11.3 Å². The van der Waals surface area contributed by atoms with Gasteiger partial charge in [0.1, 0.15) is 4.88 Å². The second-order valence-corrected chi connectivity index (χ2v) is 8.19. The van der Waals surface area contributed by atoms with E-state index in [2.05, 4.69) is 31.2 Å². The van der Waals surface area contributed by atoms with Crippen LogP contribution >= 0.6 is 27.3 Å². The Morgan fingerprint density at radius 1 is 1.04 bits per heavy atom. The quantitative estimate of drug-likeness (QED) is 0.497. The Kier molecular flexibility index (Phi) is 3.99. The summed E-state index contributed by atoms with van der Waals surface area (Å²) in [5.74, 6) is -0.553. The number of halogens is 1. The number of nitrogens with one attached hydrogen (secondary N) is 1. The molecule has 0 saturated heterocycles. The molecule has 0 radical (unpaired) electrons. The van der Waals surface area contributed by atoms with Crippen molar-refractivity contribution in [2.75, 3.05) is 5.32 Å². The van der Waals surface area contributed by atoms with E-state index in [9.17, 15) is 9.90 Å². The van der Waals surface area contributed by atoms with Crippen molar-refractivity contribution in [1.29, 1.82) is 0 Å². The number of aromatic hydroxyl groups is 1. The Balaban J connectivity index is 1.61. The summed E-state index contributed by atoms with van der Waals surface area (Å²) < 4.78 is 0.840. The predicted molar refractivity (Wildman–Crippen MR) is 113 cm³/mol. The van der Waals surface area contributed by atoms with Crippen LogP contribution in [0.2, 0.25) is 0 Å². The van der Waals surface area contributed by atoms with Gasteiger partial charge in [-0.15, -0.1) is 0 Å². The summed E-state index contributed by atoms with van der Waals surface area (Å²) in [6.07, 6.45) is 0. The van der Waals surface area contributed by atoms with Crippen molar-refractivity contribution in [1.82, 2.24) is 4.98 Å². The molecule has 0 bridgehead atoms. The second kappa shape index (κ2) is 6.54. The molecule has 2 heterocycles. The van der Waals surface area contributed by atoms with Crippen molar-refractivity contribution in [2.24, 2.45) is 4.99 Å². The van der Waals surface area contributed by atoms with Gasteiger partial charge in [-0.25, -0.2) is 4.99 Å². The number of carbonyl (C=O) groups is 1. The number of nitrogens with zero attached hydrogens (tertiary/aromatic N) is 2. The van der Waals surface area contributed by atoms with Crippen LogP contribution in [0.15, 0.2) is 70.1 Å². The third-order valence-electron chi connectivity index (χ3n) is 4.53. The van der Waals surface area contributed by atoms with E-state index < -0.39 is 0 Å². The minimum absolute atomic E-state index is 0.181. The van der Waals surface area contributed by atoms with Gasteiger partial charge in [0.25, 0.3) is 5.91 Å². The summed E-state index contributed by atoms with van der Waals surface area (Å²) in [7, 11) is 0. The number of thiazole rings is 1. The normalized spacial score (nSPS) is 12.9. The average Bonchev–Trinajstić information content (AvgIpc) is 3.20. The molecule has 5 nitrogen and oxygen atoms in total. The van der Waals surface area contributed by atoms with Gasteiger partial charge in [-0.2, -0.15) is 4.98 Å². The highest BCUT2D eigenvalue weighted by Crippen LogP contribution is 2.36. The summed E-state index contributed by atoms with van der Waals surface area (Å²) >= 11 is 4.65. The number of amides is 1. The summed E-state index contributed by atoms with van der Waals surface area (Å²) in [5, 5.41) is 17.6. The SMILES string of the molecule is O=C1N=c2ccc(Br)cc2=C1c1sc(Nc2cccc3ccccc23)nc1O. The minimum atomic E-state index is -0.372. The zero-order valence-corrected chi connectivity index (χ0v) is 16.7. The van der Waals surface area contributed by atoms with Crippen molar-refractivity contribution in [2.45, 2.75) is 0 Å². The number of rotatable bonds is 3. The van der Waals surface area contributed by atoms with Crippen molar-refractivity contribution >= 4 is 60.3 Å². The zero-order chi connectivity index (χ0) is 19.3. The van der Waals surface area contributed by atoms with Crippen molar-refractivity contribution in [3.05, 3.63) is 80.6 Å². The molecule has 1 aromatic heterocycles. The van der Waals surface area contributed by atoms with Gasteiger partial charge in [-0.3, -0.25) is 4.79 Å². The highest BCUT2D eigenvalue weighted by molar-refractivity contribution is 9.10. The van der Waals surface area contributed by atoms with Gasteiger partial charge in [0, 0.05) is 20.8 Å². The van der Waals surface area contributed by atoms with Crippen LogP contribution in [0.4, 0.5) is 10.8 Å². The maximum atomic E-state index is 12.5. The molecular formula is C21H12BrN3O2S. The lowest BCUT2D eigenvalue weighted by Crippen LogP contribution is -2.22. The largest absolute Gasteiger partial charge is 0.492 e. The van der Waals surface area contributed by atoms with Crippen molar-refractivity contribution < 1.29 is 9.90 Å². The molecule has 7 heteroatoms. The lowest BCUT2D eigenvalue weighted by molar-refractivity contribution is -0.112. The molecule has 0 saturated carbocycles. The highest BCUT2D eigenvalue weighted by Gasteiger charge is 2.25. The fraction of sp³-hybridized carbons (Fsp3) is 0. The third kappa shape index (κ3) is 2.80. The van der Waals surface area contributed by atoms with E-state index >= 15 is 0 Å². The van der Waals surface area contributed by atoms with Crippen LogP contribution in [-0.4, -0.2) is 16.0 Å². The monoisotopic (exact) mass is 449 g/mol. The Morgan fingerprint density at radius 3 is 2.75 bits per heavy atom. The predicted octanol–water partition coefficient (Wildman–Crippen LogP) is 3.87. The van der Waals surface area contributed by atoms with Gasteiger partial charge in [-0.1, -0.05) is 63.7 Å². The number of aromatic nitrogens is 1. The van der Waals surface area contributed by atoms with Crippen LogP contribution in [0.5, 0.6) is 5.88 Å². The van der Waals surface area contributed by atoms with Crippen molar-refractivity contribution in [3.63, 3.8) is 0 Å². The number of fused-ring (bicyclic) bond motifs is 2. The molecule has 1 aliphatic rings. The Morgan fingerprint density at radius 2 is 1.86 bits per heavy atom. The summed E-state index contributed by atoms with van der Waals surface area (Å²) in [5.41, 5.74) is 1.26. The van der Waals surface area contributed by atoms with Crippen LogP contribution in [0.1, 0.15) is 4.88 Å². The molecule has 3 aromatic carbocycles. The van der Waals surface area contributed by atoms with E-state index in [4.69, 9.17) is 0 Å². The number of benzene rings is 3. The van der Waals surface area contributed by atoms with Crippen LogP contribution < -0.4 is 15.9 Å². The smallest absolute Gasteiger partial charge is 0.279 e. The summed E-state index contributed by atoms with van der Waals surface area (Å²) in [6.45, 7) is 0. The van der Waals surface area contributed by atoms with Crippen LogP contribution in [-0.2, 0) is 4.79 Å². The van der Waals surface area contributed by atoms with Gasteiger partial charge >= 0.3 is 0 Å². The Labute approximate surface area is 171 Å². The minimum Gasteiger partial charge on any atom is -0.492 e. The van der Waals surface area contributed by atoms with E-state index in [0.29, 0.717) is 26.2 Å². The summed E-state index contributed by atoms with van der Waals surface area (Å²) in [4.78, 5) is 21.2. The molecule has 5 rings (SSSR count).